The topological polar surface area (TPSA) is 58.8 Å². The fourth-order valence-electron chi connectivity index (χ4n) is 2.67. The summed E-state index contributed by atoms with van der Waals surface area (Å²) in [4.78, 5) is 16.2. The van der Waals surface area contributed by atoms with Crippen molar-refractivity contribution in [1.82, 2.24) is 9.80 Å². The van der Waals surface area contributed by atoms with Gasteiger partial charge in [0.1, 0.15) is 5.75 Å². The van der Waals surface area contributed by atoms with Gasteiger partial charge in [-0.05, 0) is 32.1 Å². The van der Waals surface area contributed by atoms with E-state index in [1.165, 1.54) is 0 Å². The highest BCUT2D eigenvalue weighted by Crippen LogP contribution is 2.20. The molecule has 1 aromatic carbocycles. The Balaban J connectivity index is 1.87. The summed E-state index contributed by atoms with van der Waals surface area (Å²) in [6, 6.07) is 7.56. The Hall–Kier alpha value is -1.75. The summed E-state index contributed by atoms with van der Waals surface area (Å²) in [6.07, 6.45) is 0. The van der Waals surface area contributed by atoms with Crippen molar-refractivity contribution in [2.75, 3.05) is 39.5 Å². The molecular formula is C15H23N3O2. The van der Waals surface area contributed by atoms with Crippen LogP contribution in [0.3, 0.4) is 0 Å². The quantitative estimate of drug-likeness (QED) is 0.836. The predicted molar refractivity (Wildman–Crippen MR) is 79.6 cm³/mol. The second kappa shape index (κ2) is 6.13. The van der Waals surface area contributed by atoms with Gasteiger partial charge in [0.25, 0.3) is 5.91 Å². The van der Waals surface area contributed by atoms with Crippen LogP contribution in [0.2, 0.25) is 0 Å². The van der Waals surface area contributed by atoms with Crippen LogP contribution in [0, 0.1) is 5.92 Å². The lowest BCUT2D eigenvalue weighted by Gasteiger charge is -2.22. The number of carbonyl (C=O) groups excluding carboxylic acids is 1. The fourth-order valence-corrected chi connectivity index (χ4v) is 2.67. The largest absolute Gasteiger partial charge is 0.484 e. The number of nitrogen functional groups attached to an aromatic ring is 1. The fraction of sp³-hybridized carbons (Fsp3) is 0.533. The number of ether oxygens (including phenoxy) is 1. The molecular weight excluding hydrogens is 254 g/mol. The number of hydrogen-bond donors (Lipinski definition) is 1. The average Bonchev–Trinajstić information content (AvgIpc) is 2.78. The molecule has 5 nitrogen and oxygen atoms in total. The number of carbonyl (C=O) groups is 1. The van der Waals surface area contributed by atoms with Gasteiger partial charge in [0.05, 0.1) is 0 Å². The summed E-state index contributed by atoms with van der Waals surface area (Å²) in [7, 11) is 4.11. The average molecular weight is 277 g/mol. The third kappa shape index (κ3) is 3.42. The van der Waals surface area contributed by atoms with Gasteiger partial charge in [0.15, 0.2) is 6.61 Å². The lowest BCUT2D eigenvalue weighted by Crippen LogP contribution is -2.37. The zero-order valence-electron chi connectivity index (χ0n) is 12.4. The number of nitrogens with zero attached hydrogens (tertiary/aromatic N) is 2. The Labute approximate surface area is 120 Å². The van der Waals surface area contributed by atoms with E-state index in [0.717, 1.165) is 13.1 Å². The number of amides is 1. The number of nitrogens with two attached hydrogens (primary N) is 1. The number of anilines is 1. The van der Waals surface area contributed by atoms with Crippen molar-refractivity contribution in [3.63, 3.8) is 0 Å². The van der Waals surface area contributed by atoms with Crippen molar-refractivity contribution in [1.29, 1.82) is 0 Å². The van der Waals surface area contributed by atoms with Gasteiger partial charge in [-0.25, -0.2) is 0 Å². The van der Waals surface area contributed by atoms with E-state index in [2.05, 4.69) is 25.9 Å². The molecule has 2 unspecified atom stereocenters. The van der Waals surface area contributed by atoms with Crippen LogP contribution in [0.25, 0.3) is 0 Å². The molecule has 1 aromatic rings. The van der Waals surface area contributed by atoms with Crippen LogP contribution in [0.4, 0.5) is 5.69 Å². The highest BCUT2D eigenvalue weighted by molar-refractivity contribution is 5.78. The standard InChI is InChI=1S/C15H23N3O2/c1-11-8-18(9-14(11)17(2)3)15(19)10-20-13-6-4-5-12(16)7-13/h4-7,11,14H,8-10,16H2,1-3H3. The zero-order chi connectivity index (χ0) is 14.7. The second-order valence-electron chi connectivity index (χ2n) is 5.67. The van der Waals surface area contributed by atoms with Gasteiger partial charge in [0, 0.05) is 30.9 Å². The van der Waals surface area contributed by atoms with Crippen molar-refractivity contribution in [2.45, 2.75) is 13.0 Å². The number of likely N-dealkylation sites (N-methyl/N-ethyl adjacent to an activating group) is 1. The summed E-state index contributed by atoms with van der Waals surface area (Å²) in [5.41, 5.74) is 6.31. The molecule has 1 aliphatic rings. The van der Waals surface area contributed by atoms with Crippen molar-refractivity contribution in [2.24, 2.45) is 5.92 Å². The maximum Gasteiger partial charge on any atom is 0.260 e. The minimum atomic E-state index is 0.0311. The van der Waals surface area contributed by atoms with E-state index in [0.29, 0.717) is 23.4 Å². The highest BCUT2D eigenvalue weighted by atomic mass is 16.5. The second-order valence-corrected chi connectivity index (χ2v) is 5.67. The minimum Gasteiger partial charge on any atom is -0.484 e. The number of likely N-dealkylation sites (tertiary alicyclic amines) is 1. The van der Waals surface area contributed by atoms with Crippen LogP contribution in [0.15, 0.2) is 24.3 Å². The SMILES string of the molecule is CC1CN(C(=O)COc2cccc(N)c2)CC1N(C)C. The smallest absolute Gasteiger partial charge is 0.260 e. The lowest BCUT2D eigenvalue weighted by atomic mass is 10.1. The first-order valence-corrected chi connectivity index (χ1v) is 6.90. The van der Waals surface area contributed by atoms with Crippen molar-refractivity contribution < 1.29 is 9.53 Å². The van der Waals surface area contributed by atoms with Gasteiger partial charge in [-0.3, -0.25) is 4.79 Å². The third-order valence-corrected chi connectivity index (χ3v) is 3.81. The Kier molecular flexibility index (Phi) is 4.49. The van der Waals surface area contributed by atoms with Crippen LogP contribution in [-0.2, 0) is 4.79 Å². The van der Waals surface area contributed by atoms with Crippen molar-refractivity contribution in [3.05, 3.63) is 24.3 Å². The van der Waals surface area contributed by atoms with Crippen LogP contribution in [0.5, 0.6) is 5.75 Å². The highest BCUT2D eigenvalue weighted by Gasteiger charge is 2.33. The first kappa shape index (κ1) is 14.7. The van der Waals surface area contributed by atoms with Crippen LogP contribution < -0.4 is 10.5 Å². The molecule has 1 heterocycles. The van der Waals surface area contributed by atoms with Crippen LogP contribution >= 0.6 is 0 Å². The summed E-state index contributed by atoms with van der Waals surface area (Å²) >= 11 is 0. The van der Waals surface area contributed by atoms with Gasteiger partial charge in [-0.15, -0.1) is 0 Å². The molecule has 0 bridgehead atoms. The molecule has 20 heavy (non-hydrogen) atoms. The van der Waals surface area contributed by atoms with E-state index in [9.17, 15) is 4.79 Å². The molecule has 0 saturated carbocycles. The van der Waals surface area contributed by atoms with E-state index in [1.807, 2.05) is 11.0 Å². The van der Waals surface area contributed by atoms with Gasteiger partial charge in [0.2, 0.25) is 0 Å². The molecule has 5 heteroatoms. The van der Waals surface area contributed by atoms with E-state index in [1.54, 1.807) is 18.2 Å². The zero-order valence-corrected chi connectivity index (χ0v) is 12.4. The number of benzene rings is 1. The van der Waals surface area contributed by atoms with Crippen molar-refractivity contribution in [3.8, 4) is 5.75 Å². The summed E-state index contributed by atoms with van der Waals surface area (Å²) in [6.45, 7) is 3.81. The molecule has 0 radical (unpaired) electrons. The molecule has 1 amide bonds. The van der Waals surface area contributed by atoms with E-state index in [-0.39, 0.29) is 12.5 Å². The maximum atomic E-state index is 12.2. The van der Waals surface area contributed by atoms with E-state index >= 15 is 0 Å². The van der Waals surface area contributed by atoms with Crippen LogP contribution in [0.1, 0.15) is 6.92 Å². The Morgan fingerprint density at radius 1 is 1.45 bits per heavy atom. The summed E-state index contributed by atoms with van der Waals surface area (Å²) < 4.78 is 5.51. The number of rotatable bonds is 4. The Bertz CT molecular complexity index is 476. The molecule has 0 aromatic heterocycles. The lowest BCUT2D eigenvalue weighted by molar-refractivity contribution is -0.132. The molecule has 1 saturated heterocycles. The minimum absolute atomic E-state index is 0.0311. The molecule has 2 atom stereocenters. The first-order valence-electron chi connectivity index (χ1n) is 6.90. The molecule has 2 N–H and O–H groups in total. The molecule has 2 rings (SSSR count). The molecule has 0 spiro atoms. The van der Waals surface area contributed by atoms with Crippen LogP contribution in [-0.4, -0.2) is 55.5 Å². The molecule has 0 aliphatic carbocycles. The molecule has 1 aliphatic heterocycles. The van der Waals surface area contributed by atoms with E-state index < -0.39 is 0 Å². The van der Waals surface area contributed by atoms with Gasteiger partial charge in [-0.1, -0.05) is 13.0 Å². The van der Waals surface area contributed by atoms with E-state index in [4.69, 9.17) is 10.5 Å². The predicted octanol–water partition coefficient (Wildman–Crippen LogP) is 1.06. The first-order chi connectivity index (χ1) is 9.47. The molecule has 110 valence electrons. The van der Waals surface area contributed by atoms with Gasteiger partial charge < -0.3 is 20.3 Å². The Morgan fingerprint density at radius 3 is 2.80 bits per heavy atom. The van der Waals surface area contributed by atoms with Crippen molar-refractivity contribution >= 4 is 11.6 Å². The third-order valence-electron chi connectivity index (χ3n) is 3.81. The normalized spacial score (nSPS) is 22.3. The van der Waals surface area contributed by atoms with Gasteiger partial charge in [-0.2, -0.15) is 0 Å². The van der Waals surface area contributed by atoms with Gasteiger partial charge >= 0.3 is 0 Å². The summed E-state index contributed by atoms with van der Waals surface area (Å²) in [5.74, 6) is 1.15. The molecule has 1 fully saturated rings. The Morgan fingerprint density at radius 2 is 2.20 bits per heavy atom. The monoisotopic (exact) mass is 277 g/mol. The number of hydrogen-bond acceptors (Lipinski definition) is 4. The summed E-state index contributed by atoms with van der Waals surface area (Å²) in [5, 5.41) is 0. The maximum absolute atomic E-state index is 12.2.